The Kier molecular flexibility index (Phi) is 7.40. The lowest BCUT2D eigenvalue weighted by molar-refractivity contribution is 0.0351. The van der Waals surface area contributed by atoms with E-state index in [-0.39, 0.29) is 0 Å². The summed E-state index contributed by atoms with van der Waals surface area (Å²) in [6.07, 6.45) is 5.98. The van der Waals surface area contributed by atoms with Crippen LogP contribution in [0.25, 0.3) is 0 Å². The summed E-state index contributed by atoms with van der Waals surface area (Å²) >= 11 is 0. The SMILES string of the molecule is CN(C)C(CN)N1CCN(CCCN2CCCCC2)CC1. The average Bonchev–Trinajstić information content (AvgIpc) is 2.50. The highest BCUT2D eigenvalue weighted by atomic mass is 15.4. The molecule has 0 aromatic rings. The van der Waals surface area contributed by atoms with Crippen molar-refractivity contribution in [3.05, 3.63) is 0 Å². The van der Waals surface area contributed by atoms with Crippen molar-refractivity contribution in [3.8, 4) is 0 Å². The molecule has 21 heavy (non-hydrogen) atoms. The van der Waals surface area contributed by atoms with Gasteiger partial charge in [-0.3, -0.25) is 9.80 Å². The molecule has 2 aliphatic rings. The van der Waals surface area contributed by atoms with Crippen LogP contribution in [0, 0.1) is 0 Å². The van der Waals surface area contributed by atoms with Gasteiger partial charge in [0.25, 0.3) is 0 Å². The van der Waals surface area contributed by atoms with E-state index in [0.717, 1.165) is 19.6 Å². The molecule has 0 spiro atoms. The summed E-state index contributed by atoms with van der Waals surface area (Å²) in [4.78, 5) is 10.0. The van der Waals surface area contributed by atoms with Gasteiger partial charge in [0, 0.05) is 32.7 Å². The van der Waals surface area contributed by atoms with E-state index in [2.05, 4.69) is 33.7 Å². The first-order chi connectivity index (χ1) is 10.2. The van der Waals surface area contributed by atoms with Crippen molar-refractivity contribution >= 4 is 0 Å². The van der Waals surface area contributed by atoms with Crippen molar-refractivity contribution in [2.45, 2.75) is 31.8 Å². The predicted octanol–water partition coefficient (Wildman–Crippen LogP) is 0.326. The van der Waals surface area contributed by atoms with Crippen molar-refractivity contribution in [2.24, 2.45) is 5.73 Å². The minimum Gasteiger partial charge on any atom is -0.328 e. The number of likely N-dealkylation sites (tertiary alicyclic amines) is 1. The van der Waals surface area contributed by atoms with Gasteiger partial charge >= 0.3 is 0 Å². The molecule has 1 unspecified atom stereocenters. The number of nitrogens with two attached hydrogens (primary N) is 1. The summed E-state index contributed by atoms with van der Waals surface area (Å²) in [5.41, 5.74) is 5.90. The number of rotatable bonds is 7. The summed E-state index contributed by atoms with van der Waals surface area (Å²) in [6, 6.07) is 0. The Morgan fingerprint density at radius 2 is 1.43 bits per heavy atom. The lowest BCUT2D eigenvalue weighted by Crippen LogP contribution is -2.57. The summed E-state index contributed by atoms with van der Waals surface area (Å²) in [6.45, 7) is 10.6. The Morgan fingerprint density at radius 1 is 0.857 bits per heavy atom. The fourth-order valence-electron chi connectivity index (χ4n) is 3.67. The van der Waals surface area contributed by atoms with E-state index in [4.69, 9.17) is 5.73 Å². The molecule has 0 aliphatic carbocycles. The molecule has 0 aromatic carbocycles. The third-order valence-electron chi connectivity index (χ3n) is 5.03. The van der Waals surface area contributed by atoms with Crippen molar-refractivity contribution < 1.29 is 0 Å². The lowest BCUT2D eigenvalue weighted by Gasteiger charge is -2.41. The van der Waals surface area contributed by atoms with Crippen LogP contribution in [0.4, 0.5) is 0 Å². The van der Waals surface area contributed by atoms with Crippen LogP contribution in [0.5, 0.6) is 0 Å². The van der Waals surface area contributed by atoms with E-state index in [9.17, 15) is 0 Å². The topological polar surface area (TPSA) is 39.0 Å². The fourth-order valence-corrected chi connectivity index (χ4v) is 3.67. The largest absolute Gasteiger partial charge is 0.328 e. The molecule has 5 heteroatoms. The van der Waals surface area contributed by atoms with E-state index in [1.807, 2.05) is 0 Å². The maximum atomic E-state index is 5.90. The van der Waals surface area contributed by atoms with Crippen LogP contribution in [0.1, 0.15) is 25.7 Å². The van der Waals surface area contributed by atoms with Gasteiger partial charge in [-0.2, -0.15) is 0 Å². The minimum absolute atomic E-state index is 0.403. The molecule has 0 bridgehead atoms. The molecule has 0 saturated carbocycles. The summed E-state index contributed by atoms with van der Waals surface area (Å²) < 4.78 is 0. The van der Waals surface area contributed by atoms with Gasteiger partial charge < -0.3 is 15.5 Å². The first-order valence-electron chi connectivity index (χ1n) is 8.76. The lowest BCUT2D eigenvalue weighted by atomic mass is 10.1. The third-order valence-corrected chi connectivity index (χ3v) is 5.03. The molecule has 1 atom stereocenters. The highest BCUT2D eigenvalue weighted by Crippen LogP contribution is 2.11. The zero-order chi connectivity index (χ0) is 15.1. The number of piperidine rings is 1. The highest BCUT2D eigenvalue weighted by Gasteiger charge is 2.23. The van der Waals surface area contributed by atoms with E-state index in [1.54, 1.807) is 0 Å². The van der Waals surface area contributed by atoms with Crippen LogP contribution < -0.4 is 5.73 Å². The average molecular weight is 297 g/mol. The number of likely N-dealkylation sites (N-methyl/N-ethyl adjacent to an activating group) is 1. The molecule has 5 nitrogen and oxygen atoms in total. The van der Waals surface area contributed by atoms with Gasteiger partial charge in [0.1, 0.15) is 0 Å². The maximum Gasteiger partial charge on any atom is 0.0744 e. The van der Waals surface area contributed by atoms with E-state index < -0.39 is 0 Å². The number of hydrogen-bond acceptors (Lipinski definition) is 5. The predicted molar refractivity (Wildman–Crippen MR) is 89.5 cm³/mol. The van der Waals surface area contributed by atoms with Gasteiger partial charge in [-0.15, -0.1) is 0 Å². The quantitative estimate of drug-likeness (QED) is 0.733. The van der Waals surface area contributed by atoms with Gasteiger partial charge in [0.05, 0.1) is 6.17 Å². The first kappa shape index (κ1) is 17.2. The van der Waals surface area contributed by atoms with Gasteiger partial charge in [0.15, 0.2) is 0 Å². The Morgan fingerprint density at radius 3 is 1.95 bits per heavy atom. The fraction of sp³-hybridized carbons (Fsp3) is 1.00. The monoisotopic (exact) mass is 297 g/mol. The molecule has 2 fully saturated rings. The molecular formula is C16H35N5. The molecule has 0 radical (unpaired) electrons. The second kappa shape index (κ2) is 9.06. The molecular weight excluding hydrogens is 262 g/mol. The molecule has 2 N–H and O–H groups in total. The van der Waals surface area contributed by atoms with Crippen molar-refractivity contribution in [1.82, 2.24) is 19.6 Å². The number of nitrogens with zero attached hydrogens (tertiary/aromatic N) is 4. The number of piperazine rings is 1. The second-order valence-electron chi connectivity index (χ2n) is 6.81. The van der Waals surface area contributed by atoms with Crippen LogP contribution in [0.2, 0.25) is 0 Å². The maximum absolute atomic E-state index is 5.90. The van der Waals surface area contributed by atoms with E-state index in [0.29, 0.717) is 6.17 Å². The van der Waals surface area contributed by atoms with Crippen LogP contribution in [-0.4, -0.2) is 98.8 Å². The number of hydrogen-bond donors (Lipinski definition) is 1. The molecule has 0 amide bonds. The Labute approximate surface area is 131 Å². The molecule has 2 heterocycles. The van der Waals surface area contributed by atoms with Gasteiger partial charge in [-0.1, -0.05) is 6.42 Å². The standard InChI is InChI=1S/C16H35N5/c1-18(2)16(15-17)21-13-11-20(12-14-21)10-6-9-19-7-4-3-5-8-19/h16H,3-15,17H2,1-2H3. The van der Waals surface area contributed by atoms with Crippen molar-refractivity contribution in [2.75, 3.05) is 73.0 Å². The molecule has 0 aromatic heterocycles. The first-order valence-corrected chi connectivity index (χ1v) is 8.76. The molecule has 124 valence electrons. The highest BCUT2D eigenvalue weighted by molar-refractivity contribution is 4.78. The van der Waals surface area contributed by atoms with Crippen LogP contribution in [0.3, 0.4) is 0 Å². The molecule has 2 aliphatic heterocycles. The molecule has 2 saturated heterocycles. The van der Waals surface area contributed by atoms with E-state index in [1.165, 1.54) is 65.0 Å². The van der Waals surface area contributed by atoms with Crippen LogP contribution in [-0.2, 0) is 0 Å². The Hall–Kier alpha value is -0.200. The van der Waals surface area contributed by atoms with Crippen LogP contribution in [0.15, 0.2) is 0 Å². The summed E-state index contributed by atoms with van der Waals surface area (Å²) in [7, 11) is 4.25. The normalized spacial score (nSPS) is 24.6. The minimum atomic E-state index is 0.403. The summed E-state index contributed by atoms with van der Waals surface area (Å²) in [5, 5.41) is 0. The Bertz CT molecular complexity index is 270. The van der Waals surface area contributed by atoms with Crippen LogP contribution >= 0.6 is 0 Å². The molecule has 2 rings (SSSR count). The Balaban J connectivity index is 1.60. The third kappa shape index (κ3) is 5.49. The van der Waals surface area contributed by atoms with E-state index >= 15 is 0 Å². The van der Waals surface area contributed by atoms with Gasteiger partial charge in [-0.25, -0.2) is 0 Å². The zero-order valence-corrected chi connectivity index (χ0v) is 14.1. The summed E-state index contributed by atoms with van der Waals surface area (Å²) in [5.74, 6) is 0. The zero-order valence-electron chi connectivity index (χ0n) is 14.1. The van der Waals surface area contributed by atoms with Crippen molar-refractivity contribution in [1.29, 1.82) is 0 Å². The van der Waals surface area contributed by atoms with Gasteiger partial charge in [-0.05, 0) is 59.5 Å². The smallest absolute Gasteiger partial charge is 0.0744 e. The second-order valence-corrected chi connectivity index (χ2v) is 6.81. The van der Waals surface area contributed by atoms with Gasteiger partial charge in [0.2, 0.25) is 0 Å². The van der Waals surface area contributed by atoms with Crippen molar-refractivity contribution in [3.63, 3.8) is 0 Å².